The molecular formula is C12H20N4O. The van der Waals surface area contributed by atoms with Gasteiger partial charge in [-0.05, 0) is 33.1 Å². The Labute approximate surface area is 102 Å². The minimum Gasteiger partial charge on any atom is -0.310 e. The molecular weight excluding hydrogens is 216 g/mol. The van der Waals surface area contributed by atoms with Crippen LogP contribution in [0.5, 0.6) is 0 Å². The van der Waals surface area contributed by atoms with E-state index in [1.54, 1.807) is 4.68 Å². The molecule has 0 spiro atoms. The zero-order valence-corrected chi connectivity index (χ0v) is 10.7. The summed E-state index contributed by atoms with van der Waals surface area (Å²) in [5.41, 5.74) is 0.910. The summed E-state index contributed by atoms with van der Waals surface area (Å²) >= 11 is 0. The molecule has 1 fully saturated rings. The topological polar surface area (TPSA) is 59.0 Å². The van der Waals surface area contributed by atoms with E-state index in [2.05, 4.69) is 22.7 Å². The van der Waals surface area contributed by atoms with E-state index in [1.165, 1.54) is 0 Å². The second-order valence-electron chi connectivity index (χ2n) is 4.84. The molecule has 0 bridgehead atoms. The third kappa shape index (κ3) is 2.85. The Morgan fingerprint density at radius 1 is 1.59 bits per heavy atom. The highest BCUT2D eigenvalue weighted by Crippen LogP contribution is 2.15. The van der Waals surface area contributed by atoms with Crippen molar-refractivity contribution in [2.45, 2.75) is 45.2 Å². The Bertz CT molecular complexity index is 413. The first-order valence-corrected chi connectivity index (χ1v) is 6.14. The predicted octanol–water partition coefficient (Wildman–Crippen LogP) is 1.20. The van der Waals surface area contributed by atoms with Crippen molar-refractivity contribution in [2.75, 3.05) is 5.32 Å². The lowest BCUT2D eigenvalue weighted by Crippen LogP contribution is -2.47. The molecule has 1 aliphatic rings. The fraction of sp³-hybridized carbons (Fsp3) is 0.667. The summed E-state index contributed by atoms with van der Waals surface area (Å²) in [6.07, 6.45) is 3.16. The summed E-state index contributed by atoms with van der Waals surface area (Å²) in [7, 11) is 1.83. The second kappa shape index (κ2) is 4.87. The quantitative estimate of drug-likeness (QED) is 0.811. The van der Waals surface area contributed by atoms with Gasteiger partial charge >= 0.3 is 0 Å². The van der Waals surface area contributed by atoms with E-state index in [4.69, 9.17) is 0 Å². The molecule has 1 aromatic heterocycles. The molecule has 2 heterocycles. The number of aromatic nitrogens is 2. The van der Waals surface area contributed by atoms with E-state index in [0.29, 0.717) is 6.04 Å². The molecule has 1 saturated heterocycles. The van der Waals surface area contributed by atoms with Gasteiger partial charge in [-0.3, -0.25) is 9.48 Å². The van der Waals surface area contributed by atoms with Crippen molar-refractivity contribution in [1.29, 1.82) is 0 Å². The molecule has 1 aliphatic heterocycles. The highest BCUT2D eigenvalue weighted by Gasteiger charge is 2.24. The normalized spacial score (nSPS) is 24.6. The minimum atomic E-state index is -0.0750. The van der Waals surface area contributed by atoms with Gasteiger partial charge in [0, 0.05) is 19.2 Å². The number of rotatable bonds is 2. The lowest BCUT2D eigenvalue weighted by Gasteiger charge is -2.27. The zero-order chi connectivity index (χ0) is 12.4. The summed E-state index contributed by atoms with van der Waals surface area (Å²) in [5.74, 6) is 0.798. The number of carbonyl (C=O) groups excluding carboxylic acids is 1. The Morgan fingerprint density at radius 2 is 2.35 bits per heavy atom. The van der Waals surface area contributed by atoms with Crippen molar-refractivity contribution in [3.8, 4) is 0 Å². The molecule has 2 N–H and O–H groups in total. The van der Waals surface area contributed by atoms with Gasteiger partial charge < -0.3 is 10.6 Å². The van der Waals surface area contributed by atoms with Crippen LogP contribution in [0.4, 0.5) is 5.82 Å². The maximum atomic E-state index is 12.1. The van der Waals surface area contributed by atoms with Gasteiger partial charge in [0.1, 0.15) is 5.82 Å². The molecule has 5 nitrogen and oxygen atoms in total. The van der Waals surface area contributed by atoms with E-state index in [-0.39, 0.29) is 11.9 Å². The van der Waals surface area contributed by atoms with Crippen LogP contribution in [-0.4, -0.2) is 27.8 Å². The molecule has 17 heavy (non-hydrogen) atoms. The second-order valence-corrected chi connectivity index (χ2v) is 4.84. The van der Waals surface area contributed by atoms with Crippen molar-refractivity contribution in [2.24, 2.45) is 7.05 Å². The van der Waals surface area contributed by atoms with E-state index >= 15 is 0 Å². The minimum absolute atomic E-state index is 0.0413. The first-order valence-electron chi connectivity index (χ1n) is 6.14. The summed E-state index contributed by atoms with van der Waals surface area (Å²) in [6, 6.07) is 2.23. The van der Waals surface area contributed by atoms with Crippen LogP contribution < -0.4 is 10.6 Å². The third-order valence-corrected chi connectivity index (χ3v) is 3.19. The number of amides is 1. The Balaban J connectivity index is 1.99. The summed E-state index contributed by atoms with van der Waals surface area (Å²) in [6.45, 7) is 4.03. The number of carbonyl (C=O) groups is 1. The summed E-state index contributed by atoms with van der Waals surface area (Å²) in [4.78, 5) is 12.1. The first kappa shape index (κ1) is 12.1. The molecule has 0 saturated carbocycles. The van der Waals surface area contributed by atoms with Crippen molar-refractivity contribution in [1.82, 2.24) is 15.1 Å². The molecule has 1 aromatic rings. The van der Waals surface area contributed by atoms with Crippen molar-refractivity contribution < 1.29 is 4.79 Å². The van der Waals surface area contributed by atoms with Crippen molar-refractivity contribution in [3.05, 3.63) is 11.8 Å². The fourth-order valence-electron chi connectivity index (χ4n) is 2.29. The van der Waals surface area contributed by atoms with Gasteiger partial charge in [-0.15, -0.1) is 0 Å². The standard InChI is InChI=1S/C12H20N4O/c1-8-5-4-6-10(13-8)12(17)14-11-7-9(2)15-16(11)3/h7-8,10,13H,4-6H2,1-3H3,(H,14,17). The monoisotopic (exact) mass is 236 g/mol. The van der Waals surface area contributed by atoms with Crippen LogP contribution in [0.15, 0.2) is 6.07 Å². The van der Waals surface area contributed by atoms with Crippen molar-refractivity contribution in [3.63, 3.8) is 0 Å². The average Bonchev–Trinajstić information content (AvgIpc) is 2.57. The maximum Gasteiger partial charge on any atom is 0.242 e. The lowest BCUT2D eigenvalue weighted by atomic mass is 9.99. The molecule has 2 rings (SSSR count). The van der Waals surface area contributed by atoms with Gasteiger partial charge in [0.25, 0.3) is 0 Å². The molecule has 1 amide bonds. The molecule has 94 valence electrons. The summed E-state index contributed by atoms with van der Waals surface area (Å²) in [5, 5.41) is 10.4. The smallest absolute Gasteiger partial charge is 0.242 e. The average molecular weight is 236 g/mol. The molecule has 0 radical (unpaired) electrons. The number of anilines is 1. The van der Waals surface area contributed by atoms with Crippen LogP contribution >= 0.6 is 0 Å². The van der Waals surface area contributed by atoms with Gasteiger partial charge in [-0.25, -0.2) is 0 Å². The van der Waals surface area contributed by atoms with E-state index < -0.39 is 0 Å². The van der Waals surface area contributed by atoms with Crippen LogP contribution in [0.25, 0.3) is 0 Å². The number of aryl methyl sites for hydroxylation is 2. The number of nitrogens with zero attached hydrogens (tertiary/aromatic N) is 2. The number of nitrogens with one attached hydrogen (secondary N) is 2. The predicted molar refractivity (Wildman–Crippen MR) is 66.8 cm³/mol. The summed E-state index contributed by atoms with van der Waals surface area (Å²) < 4.78 is 1.69. The molecule has 5 heteroatoms. The molecule has 0 aromatic carbocycles. The lowest BCUT2D eigenvalue weighted by molar-refractivity contribution is -0.119. The van der Waals surface area contributed by atoms with Crippen molar-refractivity contribution >= 4 is 11.7 Å². The van der Waals surface area contributed by atoms with Gasteiger partial charge in [0.2, 0.25) is 5.91 Å². The van der Waals surface area contributed by atoms with E-state index in [0.717, 1.165) is 30.8 Å². The van der Waals surface area contributed by atoms with Crippen LogP contribution in [0.2, 0.25) is 0 Å². The Morgan fingerprint density at radius 3 is 2.94 bits per heavy atom. The number of piperidine rings is 1. The first-order chi connectivity index (χ1) is 8.06. The molecule has 2 atom stereocenters. The van der Waals surface area contributed by atoms with Crippen LogP contribution in [0, 0.1) is 6.92 Å². The van der Waals surface area contributed by atoms with E-state index in [1.807, 2.05) is 20.0 Å². The maximum absolute atomic E-state index is 12.1. The molecule has 2 unspecified atom stereocenters. The van der Waals surface area contributed by atoms with Gasteiger partial charge in [0.05, 0.1) is 11.7 Å². The Hall–Kier alpha value is -1.36. The van der Waals surface area contributed by atoms with Crippen LogP contribution in [0.1, 0.15) is 31.9 Å². The SMILES string of the molecule is Cc1cc(NC(=O)C2CCCC(C)N2)n(C)n1. The van der Waals surface area contributed by atoms with Gasteiger partial charge in [-0.2, -0.15) is 5.10 Å². The number of hydrogen-bond acceptors (Lipinski definition) is 3. The number of hydrogen-bond donors (Lipinski definition) is 2. The van der Waals surface area contributed by atoms with Crippen LogP contribution in [0.3, 0.4) is 0 Å². The van der Waals surface area contributed by atoms with Gasteiger partial charge in [-0.1, -0.05) is 0 Å². The highest BCUT2D eigenvalue weighted by molar-refractivity contribution is 5.94. The fourth-order valence-corrected chi connectivity index (χ4v) is 2.29. The zero-order valence-electron chi connectivity index (χ0n) is 10.7. The van der Waals surface area contributed by atoms with E-state index in [9.17, 15) is 4.79 Å². The Kier molecular flexibility index (Phi) is 3.47. The molecule has 0 aliphatic carbocycles. The van der Waals surface area contributed by atoms with Gasteiger partial charge in [0.15, 0.2) is 0 Å². The highest BCUT2D eigenvalue weighted by atomic mass is 16.2. The largest absolute Gasteiger partial charge is 0.310 e. The third-order valence-electron chi connectivity index (χ3n) is 3.19. The van der Waals surface area contributed by atoms with Crippen LogP contribution in [-0.2, 0) is 11.8 Å².